The Balaban J connectivity index is 1.67. The molecule has 0 radical (unpaired) electrons. The zero-order valence-corrected chi connectivity index (χ0v) is 10.5. The quantitative estimate of drug-likeness (QED) is 0.822. The number of para-hydroxylation sites is 1. The van der Waals surface area contributed by atoms with Crippen LogP contribution in [0.5, 0.6) is 0 Å². The van der Waals surface area contributed by atoms with Gasteiger partial charge in [-0.15, -0.1) is 0 Å². The number of morpholine rings is 1. The van der Waals surface area contributed by atoms with Gasteiger partial charge in [-0.1, -0.05) is 18.2 Å². The van der Waals surface area contributed by atoms with E-state index in [1.54, 1.807) is 0 Å². The van der Waals surface area contributed by atoms with E-state index >= 15 is 0 Å². The van der Waals surface area contributed by atoms with Gasteiger partial charge in [0.1, 0.15) is 0 Å². The number of nitrogens with zero attached hydrogens (tertiary/aromatic N) is 2. The fraction of sp³-hybridized carbons (Fsp3) is 0.333. The van der Waals surface area contributed by atoms with Crippen LogP contribution >= 0.6 is 0 Å². The van der Waals surface area contributed by atoms with Crippen molar-refractivity contribution in [3.8, 4) is 0 Å². The van der Waals surface area contributed by atoms with Crippen molar-refractivity contribution in [1.82, 2.24) is 9.47 Å². The van der Waals surface area contributed by atoms with Crippen molar-refractivity contribution in [2.75, 3.05) is 26.3 Å². The highest BCUT2D eigenvalue weighted by Crippen LogP contribution is 2.14. The van der Waals surface area contributed by atoms with Crippen molar-refractivity contribution in [3.63, 3.8) is 0 Å². The second kappa shape index (κ2) is 5.27. The third kappa shape index (κ3) is 2.41. The van der Waals surface area contributed by atoms with Crippen molar-refractivity contribution in [1.29, 1.82) is 0 Å². The molecule has 1 aromatic carbocycles. The predicted molar refractivity (Wildman–Crippen MR) is 73.5 cm³/mol. The van der Waals surface area contributed by atoms with Gasteiger partial charge in [-0.2, -0.15) is 0 Å². The molecule has 0 spiro atoms. The third-order valence-corrected chi connectivity index (χ3v) is 3.34. The van der Waals surface area contributed by atoms with E-state index in [4.69, 9.17) is 4.74 Å². The lowest BCUT2D eigenvalue weighted by molar-refractivity contribution is 0.0592. The van der Waals surface area contributed by atoms with E-state index in [1.807, 2.05) is 0 Å². The summed E-state index contributed by atoms with van der Waals surface area (Å²) < 4.78 is 7.60. The monoisotopic (exact) mass is 242 g/mol. The smallest absolute Gasteiger partial charge is 0.0642 e. The number of allylic oxidation sites excluding steroid dienone is 1. The van der Waals surface area contributed by atoms with Crippen LogP contribution in [-0.4, -0.2) is 35.8 Å². The summed E-state index contributed by atoms with van der Waals surface area (Å²) in [7, 11) is 0. The van der Waals surface area contributed by atoms with Crippen LogP contribution in [0.1, 0.15) is 0 Å². The molecule has 1 aliphatic rings. The van der Waals surface area contributed by atoms with E-state index < -0.39 is 0 Å². The maximum Gasteiger partial charge on any atom is 0.0642 e. The van der Waals surface area contributed by atoms with Gasteiger partial charge in [-0.3, -0.25) is 0 Å². The van der Waals surface area contributed by atoms with Gasteiger partial charge in [0.05, 0.1) is 13.2 Å². The fourth-order valence-corrected chi connectivity index (χ4v) is 2.34. The highest BCUT2D eigenvalue weighted by molar-refractivity contribution is 5.79. The Morgan fingerprint density at radius 2 is 1.94 bits per heavy atom. The molecule has 3 nitrogen and oxygen atoms in total. The lowest BCUT2D eigenvalue weighted by Gasteiger charge is -2.25. The van der Waals surface area contributed by atoms with Crippen LogP contribution < -0.4 is 0 Å². The van der Waals surface area contributed by atoms with Crippen LogP contribution in [0.4, 0.5) is 0 Å². The van der Waals surface area contributed by atoms with Crippen LogP contribution in [0.25, 0.3) is 10.9 Å². The lowest BCUT2D eigenvalue weighted by Crippen LogP contribution is -2.32. The topological polar surface area (TPSA) is 17.4 Å². The zero-order valence-electron chi connectivity index (χ0n) is 10.5. The first-order chi connectivity index (χ1) is 8.93. The number of hydrogen-bond donors (Lipinski definition) is 0. The van der Waals surface area contributed by atoms with Gasteiger partial charge in [-0.25, -0.2) is 0 Å². The number of hydrogen-bond acceptors (Lipinski definition) is 2. The summed E-state index contributed by atoms with van der Waals surface area (Å²) in [6, 6.07) is 10.6. The van der Waals surface area contributed by atoms with Crippen LogP contribution in [0.15, 0.2) is 48.8 Å². The number of benzene rings is 1. The molecule has 94 valence electrons. The minimum absolute atomic E-state index is 0.844. The van der Waals surface area contributed by atoms with Gasteiger partial charge in [-0.05, 0) is 29.8 Å². The Morgan fingerprint density at radius 3 is 2.83 bits per heavy atom. The molecule has 0 saturated carbocycles. The SMILES string of the molecule is C(=CN1CCOCC1)Cn1ccc2ccccc21. The van der Waals surface area contributed by atoms with Gasteiger partial charge in [0.15, 0.2) is 0 Å². The van der Waals surface area contributed by atoms with E-state index in [1.165, 1.54) is 10.9 Å². The highest BCUT2D eigenvalue weighted by Gasteiger charge is 2.04. The molecule has 2 heterocycles. The molecular formula is C15H18N2O. The predicted octanol–water partition coefficient (Wildman–Crippen LogP) is 2.49. The summed E-state index contributed by atoms with van der Waals surface area (Å²) in [6.45, 7) is 4.62. The lowest BCUT2D eigenvalue weighted by atomic mass is 10.2. The highest BCUT2D eigenvalue weighted by atomic mass is 16.5. The summed E-state index contributed by atoms with van der Waals surface area (Å²) in [4.78, 5) is 2.31. The van der Waals surface area contributed by atoms with Gasteiger partial charge < -0.3 is 14.2 Å². The van der Waals surface area contributed by atoms with Crippen molar-refractivity contribution in [2.45, 2.75) is 6.54 Å². The van der Waals surface area contributed by atoms with Crippen LogP contribution in [0.3, 0.4) is 0 Å². The number of aromatic nitrogens is 1. The Kier molecular flexibility index (Phi) is 3.33. The Bertz CT molecular complexity index is 538. The normalized spacial score (nSPS) is 16.8. The molecule has 0 atom stereocenters. The van der Waals surface area contributed by atoms with Crippen molar-refractivity contribution < 1.29 is 4.74 Å². The van der Waals surface area contributed by atoms with Crippen molar-refractivity contribution in [2.24, 2.45) is 0 Å². The average Bonchev–Trinajstić information content (AvgIpc) is 2.84. The zero-order chi connectivity index (χ0) is 12.2. The molecular weight excluding hydrogens is 224 g/mol. The van der Waals surface area contributed by atoms with E-state index in [2.05, 4.69) is 58.3 Å². The molecule has 0 unspecified atom stereocenters. The van der Waals surface area contributed by atoms with Gasteiger partial charge >= 0.3 is 0 Å². The van der Waals surface area contributed by atoms with E-state index in [-0.39, 0.29) is 0 Å². The molecule has 0 aliphatic carbocycles. The largest absolute Gasteiger partial charge is 0.378 e. The molecule has 1 aromatic heterocycles. The molecule has 1 fully saturated rings. The van der Waals surface area contributed by atoms with Crippen molar-refractivity contribution in [3.05, 3.63) is 48.8 Å². The fourth-order valence-electron chi connectivity index (χ4n) is 2.34. The number of rotatable bonds is 3. The molecule has 1 aliphatic heterocycles. The van der Waals surface area contributed by atoms with E-state index in [9.17, 15) is 0 Å². The minimum atomic E-state index is 0.844. The minimum Gasteiger partial charge on any atom is -0.378 e. The van der Waals surface area contributed by atoms with Gasteiger partial charge in [0.2, 0.25) is 0 Å². The summed E-state index contributed by atoms with van der Waals surface area (Å²) in [6.07, 6.45) is 6.56. The first-order valence-corrected chi connectivity index (χ1v) is 6.46. The molecule has 0 amide bonds. The maximum absolute atomic E-state index is 5.33. The summed E-state index contributed by atoms with van der Waals surface area (Å²) >= 11 is 0. The second-order valence-electron chi connectivity index (χ2n) is 4.56. The molecule has 2 aromatic rings. The first kappa shape index (κ1) is 11.4. The van der Waals surface area contributed by atoms with Gasteiger partial charge in [0.25, 0.3) is 0 Å². The van der Waals surface area contributed by atoms with Crippen molar-refractivity contribution >= 4 is 10.9 Å². The van der Waals surface area contributed by atoms with E-state index in [0.717, 1.165) is 32.8 Å². The standard InChI is InChI=1S/C15H18N2O/c1-2-5-15-14(4-1)6-9-17(15)8-3-7-16-10-12-18-13-11-16/h1-7,9H,8,10-13H2. The Hall–Kier alpha value is -1.74. The Morgan fingerprint density at radius 1 is 1.11 bits per heavy atom. The molecule has 1 saturated heterocycles. The molecule has 0 bridgehead atoms. The second-order valence-corrected chi connectivity index (χ2v) is 4.56. The van der Waals surface area contributed by atoms with Crippen LogP contribution in [0.2, 0.25) is 0 Å². The average molecular weight is 242 g/mol. The van der Waals surface area contributed by atoms with E-state index in [0.29, 0.717) is 0 Å². The van der Waals surface area contributed by atoms with Crippen LogP contribution in [0, 0.1) is 0 Å². The molecule has 18 heavy (non-hydrogen) atoms. The Labute approximate surface area is 107 Å². The molecule has 3 rings (SSSR count). The number of fused-ring (bicyclic) bond motifs is 1. The number of ether oxygens (including phenoxy) is 1. The first-order valence-electron chi connectivity index (χ1n) is 6.46. The third-order valence-electron chi connectivity index (χ3n) is 3.34. The summed E-state index contributed by atoms with van der Waals surface area (Å²) in [5, 5.41) is 1.30. The summed E-state index contributed by atoms with van der Waals surface area (Å²) in [5.74, 6) is 0. The van der Waals surface area contributed by atoms with Gasteiger partial charge in [0, 0.05) is 31.3 Å². The molecule has 3 heteroatoms. The maximum atomic E-state index is 5.33. The molecule has 0 N–H and O–H groups in total. The van der Waals surface area contributed by atoms with Crippen LogP contribution in [-0.2, 0) is 11.3 Å². The summed E-state index contributed by atoms with van der Waals surface area (Å²) in [5.41, 5.74) is 1.30.